The maximum Gasteiger partial charge on any atom is 0.239 e. The van der Waals surface area contributed by atoms with Crippen molar-refractivity contribution in [2.45, 2.75) is 40.2 Å². The van der Waals surface area contributed by atoms with Crippen molar-refractivity contribution in [1.29, 1.82) is 0 Å². The molecule has 4 rings (SSSR count). The largest absolute Gasteiger partial charge is 0.508 e. The summed E-state index contributed by atoms with van der Waals surface area (Å²) in [6.45, 7) is 8.79. The number of aromatic hydroxyl groups is 1. The van der Waals surface area contributed by atoms with E-state index in [2.05, 4.69) is 29.1 Å². The molecular formula is C21H25N7O. The minimum atomic E-state index is 0.234. The van der Waals surface area contributed by atoms with Crippen molar-refractivity contribution < 1.29 is 5.11 Å². The minimum absolute atomic E-state index is 0.234. The lowest BCUT2D eigenvalue weighted by molar-refractivity contribution is 0.475. The highest BCUT2D eigenvalue weighted by atomic mass is 16.3. The third kappa shape index (κ3) is 3.78. The highest BCUT2D eigenvalue weighted by Crippen LogP contribution is 2.24. The predicted molar refractivity (Wildman–Crippen MR) is 113 cm³/mol. The maximum absolute atomic E-state index is 9.44. The summed E-state index contributed by atoms with van der Waals surface area (Å²) in [6.07, 6.45) is 4.55. The number of nitrogens with one attached hydrogen (secondary N) is 1. The Hall–Kier alpha value is -3.42. The zero-order chi connectivity index (χ0) is 20.5. The van der Waals surface area contributed by atoms with Crippen LogP contribution in [0.15, 0.2) is 36.8 Å². The van der Waals surface area contributed by atoms with Crippen LogP contribution in [0.25, 0.3) is 17.1 Å². The number of anilines is 1. The van der Waals surface area contributed by atoms with Gasteiger partial charge in [0.15, 0.2) is 17.0 Å². The predicted octanol–water partition coefficient (Wildman–Crippen LogP) is 3.57. The molecule has 0 spiro atoms. The van der Waals surface area contributed by atoms with E-state index in [1.54, 1.807) is 12.1 Å². The summed E-state index contributed by atoms with van der Waals surface area (Å²) < 4.78 is 3.95. The lowest BCUT2D eigenvalue weighted by Crippen LogP contribution is -2.11. The van der Waals surface area contributed by atoms with E-state index in [1.807, 2.05) is 47.6 Å². The van der Waals surface area contributed by atoms with Crippen LogP contribution in [0.3, 0.4) is 0 Å². The van der Waals surface area contributed by atoms with E-state index < -0.39 is 0 Å². The van der Waals surface area contributed by atoms with Gasteiger partial charge in [-0.15, -0.1) is 0 Å². The molecule has 29 heavy (non-hydrogen) atoms. The molecule has 8 heteroatoms. The van der Waals surface area contributed by atoms with Crippen LogP contribution in [0.1, 0.15) is 37.0 Å². The SMILES string of the molecule is Cc1cn(-c2nc(NCCc3ccc(O)cc3)c3ncn(C(C)C)c3n2)c(C)n1. The number of imidazole rings is 2. The first-order valence-electron chi connectivity index (χ1n) is 9.71. The molecule has 0 aliphatic rings. The quantitative estimate of drug-likeness (QED) is 0.522. The summed E-state index contributed by atoms with van der Waals surface area (Å²) >= 11 is 0. The average Bonchev–Trinajstić information content (AvgIpc) is 3.26. The van der Waals surface area contributed by atoms with Crippen LogP contribution in [0.4, 0.5) is 5.82 Å². The van der Waals surface area contributed by atoms with Gasteiger partial charge in [-0.2, -0.15) is 9.97 Å². The van der Waals surface area contributed by atoms with E-state index in [-0.39, 0.29) is 11.8 Å². The Kier molecular flexibility index (Phi) is 4.92. The van der Waals surface area contributed by atoms with Gasteiger partial charge >= 0.3 is 0 Å². The molecule has 2 N–H and O–H groups in total. The van der Waals surface area contributed by atoms with Crippen LogP contribution in [-0.4, -0.2) is 40.7 Å². The number of phenols is 1. The van der Waals surface area contributed by atoms with Gasteiger partial charge in [0.05, 0.1) is 12.0 Å². The topological polar surface area (TPSA) is 93.7 Å². The van der Waals surface area contributed by atoms with Crippen LogP contribution >= 0.6 is 0 Å². The lowest BCUT2D eigenvalue weighted by atomic mass is 10.1. The van der Waals surface area contributed by atoms with Gasteiger partial charge < -0.3 is 15.0 Å². The Labute approximate surface area is 169 Å². The van der Waals surface area contributed by atoms with Gasteiger partial charge in [-0.05, 0) is 51.8 Å². The molecule has 0 aliphatic heterocycles. The van der Waals surface area contributed by atoms with Gasteiger partial charge in [-0.25, -0.2) is 9.97 Å². The second-order valence-electron chi connectivity index (χ2n) is 7.43. The molecule has 0 amide bonds. The number of hydrogen-bond acceptors (Lipinski definition) is 6. The van der Waals surface area contributed by atoms with Crippen LogP contribution in [0, 0.1) is 13.8 Å². The van der Waals surface area contributed by atoms with Crippen molar-refractivity contribution >= 4 is 17.0 Å². The fraction of sp³-hybridized carbons (Fsp3) is 0.333. The molecule has 150 valence electrons. The number of phenolic OH excluding ortho intramolecular Hbond substituents is 1. The molecular weight excluding hydrogens is 366 g/mol. The first-order chi connectivity index (χ1) is 13.9. The Morgan fingerprint density at radius 3 is 2.48 bits per heavy atom. The second-order valence-corrected chi connectivity index (χ2v) is 7.43. The normalized spacial score (nSPS) is 11.5. The van der Waals surface area contributed by atoms with Crippen LogP contribution in [0.2, 0.25) is 0 Å². The van der Waals surface area contributed by atoms with Gasteiger partial charge in [-0.3, -0.25) is 4.57 Å². The molecule has 0 atom stereocenters. The van der Waals surface area contributed by atoms with Crippen molar-refractivity contribution in [3.63, 3.8) is 0 Å². The highest BCUT2D eigenvalue weighted by molar-refractivity contribution is 5.83. The molecule has 0 unspecified atom stereocenters. The number of aromatic nitrogens is 6. The Balaban J connectivity index is 1.69. The third-order valence-corrected chi connectivity index (χ3v) is 4.83. The average molecular weight is 391 g/mol. The number of nitrogens with zero attached hydrogens (tertiary/aromatic N) is 6. The zero-order valence-electron chi connectivity index (χ0n) is 17.1. The van der Waals surface area contributed by atoms with Crippen LogP contribution in [-0.2, 0) is 6.42 Å². The second kappa shape index (κ2) is 7.54. The summed E-state index contributed by atoms with van der Waals surface area (Å²) in [5.41, 5.74) is 3.60. The zero-order valence-corrected chi connectivity index (χ0v) is 17.1. The molecule has 0 fully saturated rings. The number of fused-ring (bicyclic) bond motifs is 1. The van der Waals surface area contributed by atoms with Crippen molar-refractivity contribution in [2.75, 3.05) is 11.9 Å². The van der Waals surface area contributed by atoms with Crippen LogP contribution < -0.4 is 5.32 Å². The van der Waals surface area contributed by atoms with Gasteiger partial charge in [-0.1, -0.05) is 12.1 Å². The van der Waals surface area contributed by atoms with Crippen molar-refractivity contribution in [1.82, 2.24) is 29.1 Å². The fourth-order valence-electron chi connectivity index (χ4n) is 3.32. The van der Waals surface area contributed by atoms with E-state index >= 15 is 0 Å². The van der Waals surface area contributed by atoms with Crippen molar-refractivity contribution in [2.24, 2.45) is 0 Å². The number of aryl methyl sites for hydroxylation is 2. The Morgan fingerprint density at radius 1 is 1.07 bits per heavy atom. The minimum Gasteiger partial charge on any atom is -0.508 e. The molecule has 0 saturated carbocycles. The monoisotopic (exact) mass is 391 g/mol. The summed E-state index contributed by atoms with van der Waals surface area (Å²) in [5.74, 6) is 2.39. The van der Waals surface area contributed by atoms with Gasteiger partial charge in [0.2, 0.25) is 5.95 Å². The molecule has 3 heterocycles. The smallest absolute Gasteiger partial charge is 0.239 e. The molecule has 0 bridgehead atoms. The first-order valence-corrected chi connectivity index (χ1v) is 9.71. The number of hydrogen-bond donors (Lipinski definition) is 2. The molecule has 4 aromatic rings. The molecule has 3 aromatic heterocycles. The molecule has 0 aliphatic carbocycles. The Morgan fingerprint density at radius 2 is 1.83 bits per heavy atom. The number of rotatable bonds is 6. The standard InChI is InChI=1S/C21H25N7O/c1-13(2)28-12-23-18-19(22-10-9-16-5-7-17(29)8-6-16)25-21(26-20(18)28)27-11-14(3)24-15(27)4/h5-8,11-13,29H,9-10H2,1-4H3,(H,22,25,26). The summed E-state index contributed by atoms with van der Waals surface area (Å²) in [5, 5.41) is 12.9. The third-order valence-electron chi connectivity index (χ3n) is 4.83. The van der Waals surface area contributed by atoms with Crippen LogP contribution in [0.5, 0.6) is 5.75 Å². The lowest BCUT2D eigenvalue weighted by Gasteiger charge is -2.12. The van der Waals surface area contributed by atoms with Gasteiger partial charge in [0, 0.05) is 18.8 Å². The summed E-state index contributed by atoms with van der Waals surface area (Å²) in [7, 11) is 0. The van der Waals surface area contributed by atoms with E-state index in [0.717, 1.165) is 34.7 Å². The molecule has 1 aromatic carbocycles. The van der Waals surface area contributed by atoms with E-state index in [9.17, 15) is 5.11 Å². The maximum atomic E-state index is 9.44. The summed E-state index contributed by atoms with van der Waals surface area (Å²) in [6, 6.07) is 7.47. The van der Waals surface area contributed by atoms with Crippen molar-refractivity contribution in [3.8, 4) is 11.7 Å². The Bertz CT molecular complexity index is 1140. The van der Waals surface area contributed by atoms with Gasteiger partial charge in [0.25, 0.3) is 0 Å². The van der Waals surface area contributed by atoms with E-state index in [4.69, 9.17) is 9.97 Å². The molecule has 0 radical (unpaired) electrons. The van der Waals surface area contributed by atoms with Crippen molar-refractivity contribution in [3.05, 3.63) is 53.9 Å². The first kappa shape index (κ1) is 18.9. The molecule has 8 nitrogen and oxygen atoms in total. The van der Waals surface area contributed by atoms with E-state index in [0.29, 0.717) is 18.3 Å². The number of benzene rings is 1. The summed E-state index contributed by atoms with van der Waals surface area (Å²) in [4.78, 5) is 18.6. The molecule has 0 saturated heterocycles. The highest BCUT2D eigenvalue weighted by Gasteiger charge is 2.17. The van der Waals surface area contributed by atoms with E-state index in [1.165, 1.54) is 0 Å². The fourth-order valence-corrected chi connectivity index (χ4v) is 3.32. The van der Waals surface area contributed by atoms with Gasteiger partial charge in [0.1, 0.15) is 11.6 Å².